The van der Waals surface area contributed by atoms with E-state index in [0.29, 0.717) is 0 Å². The molecule has 0 radical (unpaired) electrons. The Morgan fingerprint density at radius 2 is 2.27 bits per heavy atom. The van der Waals surface area contributed by atoms with Gasteiger partial charge in [-0.2, -0.15) is 0 Å². The molecule has 0 atom stereocenters. The Hall–Kier alpha value is -0.560. The summed E-state index contributed by atoms with van der Waals surface area (Å²) in [5.74, 6) is -0.421. The Morgan fingerprint density at radius 3 is 2.64 bits per heavy atom. The van der Waals surface area contributed by atoms with Crippen molar-refractivity contribution in [2.24, 2.45) is 0 Å². The van der Waals surface area contributed by atoms with Crippen molar-refractivity contribution in [1.29, 1.82) is 0 Å². The zero-order valence-corrected chi connectivity index (χ0v) is 7.37. The lowest BCUT2D eigenvalue weighted by Gasteiger charge is -1.96. The lowest BCUT2D eigenvalue weighted by Crippen LogP contribution is -1.77. The van der Waals surface area contributed by atoms with Gasteiger partial charge in [-0.15, -0.1) is 0 Å². The molecule has 0 aliphatic rings. The Balaban J connectivity index is 4.22. The number of hydrogen-bond acceptors (Lipinski definition) is 0. The Morgan fingerprint density at radius 1 is 1.64 bits per heavy atom. The van der Waals surface area contributed by atoms with Crippen LogP contribution in [0.15, 0.2) is 35.7 Å². The van der Waals surface area contributed by atoms with Crippen LogP contribution >= 0.6 is 11.6 Å². The summed E-state index contributed by atoms with van der Waals surface area (Å²) >= 11 is 5.14. The third-order valence-electron chi connectivity index (χ3n) is 1.23. The predicted octanol–water partition coefficient (Wildman–Crippen LogP) is 3.95. The van der Waals surface area contributed by atoms with Gasteiger partial charge in [-0.25, -0.2) is 4.39 Å². The summed E-state index contributed by atoms with van der Waals surface area (Å²) < 4.78 is 12.5. The van der Waals surface area contributed by atoms with Crippen LogP contribution in [0.3, 0.4) is 0 Å². The molecule has 62 valence electrons. The first kappa shape index (κ1) is 10.4. The molecule has 0 heterocycles. The minimum absolute atomic E-state index is 0.421. The maximum absolute atomic E-state index is 12.5. The van der Waals surface area contributed by atoms with Crippen molar-refractivity contribution >= 4 is 11.6 Å². The van der Waals surface area contributed by atoms with E-state index in [4.69, 9.17) is 11.6 Å². The smallest absolute Gasteiger partial charge is 0.134 e. The first-order valence-corrected chi connectivity index (χ1v) is 3.97. The molecule has 0 saturated carbocycles. The third-order valence-corrected chi connectivity index (χ3v) is 1.44. The normalized spacial score (nSPS) is 13.4. The Bertz CT molecular complexity index is 180. The van der Waals surface area contributed by atoms with E-state index in [1.807, 2.05) is 6.92 Å². The van der Waals surface area contributed by atoms with Gasteiger partial charge < -0.3 is 0 Å². The fourth-order valence-corrected chi connectivity index (χ4v) is 0.793. The van der Waals surface area contributed by atoms with Crippen LogP contribution in [-0.4, -0.2) is 0 Å². The lowest BCUT2D eigenvalue weighted by atomic mass is 10.1. The van der Waals surface area contributed by atoms with E-state index in [1.165, 1.54) is 6.08 Å². The molecule has 0 unspecified atom stereocenters. The largest absolute Gasteiger partial charge is 0.206 e. The average molecular weight is 175 g/mol. The quantitative estimate of drug-likeness (QED) is 0.567. The monoisotopic (exact) mass is 174 g/mol. The number of halogens is 2. The molecule has 0 saturated heterocycles. The van der Waals surface area contributed by atoms with Gasteiger partial charge >= 0.3 is 0 Å². The molecule has 11 heavy (non-hydrogen) atoms. The maximum atomic E-state index is 12.5. The van der Waals surface area contributed by atoms with Gasteiger partial charge in [0.1, 0.15) is 5.83 Å². The zero-order chi connectivity index (χ0) is 8.69. The number of rotatable bonds is 4. The van der Waals surface area contributed by atoms with Crippen LogP contribution in [0.25, 0.3) is 0 Å². The second-order valence-corrected chi connectivity index (χ2v) is 2.39. The standard InChI is InChI=1S/C9H12ClF/c1-3-5-8(4-2)6-9(11)7-10/h4,6-7H,2-3,5H2,1H3/b8-6+,9-7-. The summed E-state index contributed by atoms with van der Waals surface area (Å²) in [5.41, 5.74) is 1.79. The first-order chi connectivity index (χ1) is 5.24. The summed E-state index contributed by atoms with van der Waals surface area (Å²) in [6.07, 6.45) is 4.85. The first-order valence-electron chi connectivity index (χ1n) is 3.53. The van der Waals surface area contributed by atoms with Gasteiger partial charge in [0, 0.05) is 5.54 Å². The van der Waals surface area contributed by atoms with E-state index in [-0.39, 0.29) is 0 Å². The summed E-state index contributed by atoms with van der Waals surface area (Å²) in [6, 6.07) is 0. The van der Waals surface area contributed by atoms with Crippen molar-refractivity contribution in [2.75, 3.05) is 0 Å². The predicted molar refractivity (Wildman–Crippen MR) is 48.2 cm³/mol. The van der Waals surface area contributed by atoms with E-state index in [9.17, 15) is 4.39 Å². The van der Waals surface area contributed by atoms with Gasteiger partial charge in [0.25, 0.3) is 0 Å². The highest BCUT2D eigenvalue weighted by Gasteiger charge is 1.92. The zero-order valence-electron chi connectivity index (χ0n) is 6.61. The van der Waals surface area contributed by atoms with Gasteiger partial charge in [0.15, 0.2) is 0 Å². The minimum atomic E-state index is -0.421. The van der Waals surface area contributed by atoms with Gasteiger partial charge in [0.05, 0.1) is 0 Å². The fraction of sp³-hybridized carbons (Fsp3) is 0.333. The molecule has 0 N–H and O–H groups in total. The van der Waals surface area contributed by atoms with Crippen LogP contribution in [0.5, 0.6) is 0 Å². The molecule has 0 spiro atoms. The Labute approximate surface area is 72.1 Å². The van der Waals surface area contributed by atoms with E-state index < -0.39 is 5.83 Å². The summed E-state index contributed by atoms with van der Waals surface area (Å²) in [5, 5.41) is 0. The molecule has 0 nitrogen and oxygen atoms in total. The van der Waals surface area contributed by atoms with E-state index in [2.05, 4.69) is 6.58 Å². The molecule has 0 aromatic rings. The van der Waals surface area contributed by atoms with Crippen molar-refractivity contribution in [3.8, 4) is 0 Å². The molecule has 2 heteroatoms. The molecule has 0 bridgehead atoms. The second kappa shape index (κ2) is 6.17. The number of hydrogen-bond donors (Lipinski definition) is 0. The summed E-state index contributed by atoms with van der Waals surface area (Å²) in [6.45, 7) is 5.59. The summed E-state index contributed by atoms with van der Waals surface area (Å²) in [4.78, 5) is 0. The highest BCUT2D eigenvalue weighted by molar-refractivity contribution is 6.25. The second-order valence-electron chi connectivity index (χ2n) is 2.17. The van der Waals surface area contributed by atoms with Crippen LogP contribution in [0, 0.1) is 0 Å². The SMILES string of the molecule is C=C/C(=C\C(F)=C\Cl)CCC. The van der Waals surface area contributed by atoms with Crippen LogP contribution in [0.1, 0.15) is 19.8 Å². The van der Waals surface area contributed by atoms with Gasteiger partial charge in [-0.3, -0.25) is 0 Å². The van der Waals surface area contributed by atoms with Gasteiger partial charge in [-0.05, 0) is 18.1 Å². The number of allylic oxidation sites excluding steroid dienone is 4. The topological polar surface area (TPSA) is 0 Å². The molecule has 0 fully saturated rings. The van der Waals surface area contributed by atoms with E-state index >= 15 is 0 Å². The molecule has 0 aliphatic heterocycles. The van der Waals surface area contributed by atoms with Crippen LogP contribution in [0.4, 0.5) is 4.39 Å². The Kier molecular flexibility index (Phi) is 5.86. The van der Waals surface area contributed by atoms with Crippen LogP contribution in [0.2, 0.25) is 0 Å². The maximum Gasteiger partial charge on any atom is 0.134 e. The lowest BCUT2D eigenvalue weighted by molar-refractivity contribution is 0.666. The molecule has 0 rings (SSSR count). The molecule has 0 aliphatic carbocycles. The van der Waals surface area contributed by atoms with Crippen molar-refractivity contribution in [3.63, 3.8) is 0 Å². The molecule has 0 aromatic carbocycles. The highest BCUT2D eigenvalue weighted by Crippen LogP contribution is 2.11. The molecule has 0 amide bonds. The van der Waals surface area contributed by atoms with Crippen LogP contribution < -0.4 is 0 Å². The molecular weight excluding hydrogens is 163 g/mol. The average Bonchev–Trinajstić information content (AvgIpc) is 2.03. The van der Waals surface area contributed by atoms with Crippen molar-refractivity contribution in [3.05, 3.63) is 35.7 Å². The van der Waals surface area contributed by atoms with Gasteiger partial charge in [0.2, 0.25) is 0 Å². The third kappa shape index (κ3) is 4.79. The van der Waals surface area contributed by atoms with Crippen LogP contribution in [-0.2, 0) is 0 Å². The summed E-state index contributed by atoms with van der Waals surface area (Å²) in [7, 11) is 0. The minimum Gasteiger partial charge on any atom is -0.206 e. The fourth-order valence-electron chi connectivity index (χ4n) is 0.730. The van der Waals surface area contributed by atoms with E-state index in [0.717, 1.165) is 23.9 Å². The van der Waals surface area contributed by atoms with Gasteiger partial charge in [-0.1, -0.05) is 37.6 Å². The van der Waals surface area contributed by atoms with Crippen molar-refractivity contribution < 1.29 is 4.39 Å². The highest BCUT2D eigenvalue weighted by atomic mass is 35.5. The van der Waals surface area contributed by atoms with Crippen molar-refractivity contribution in [2.45, 2.75) is 19.8 Å². The van der Waals surface area contributed by atoms with E-state index in [1.54, 1.807) is 6.08 Å². The van der Waals surface area contributed by atoms with Crippen molar-refractivity contribution in [1.82, 2.24) is 0 Å². The molecule has 0 aromatic heterocycles. The molecular formula is C9H12ClF.